The summed E-state index contributed by atoms with van der Waals surface area (Å²) in [5.74, 6) is -0.509. The molecule has 42 heavy (non-hydrogen) atoms. The van der Waals surface area contributed by atoms with Crippen LogP contribution in [-0.2, 0) is 10.5 Å². The van der Waals surface area contributed by atoms with Crippen LogP contribution in [-0.4, -0.2) is 27.0 Å². The number of rotatable bonds is 9. The molecule has 12 heteroatoms. The first-order valence-corrected chi connectivity index (χ1v) is 15.0. The predicted octanol–water partition coefficient (Wildman–Crippen LogP) is 8.31. The van der Waals surface area contributed by atoms with Gasteiger partial charge in [0, 0.05) is 15.8 Å². The molecular weight excluding hydrogens is 617 g/mol. The SMILES string of the molecule is O=C(C1=C(O)C(=O)N(c2nnc(SCc3ccc(Cl)cc3Cl)s2)C1c1cccc(Oc2ccccc2)c1)c1ccco1. The van der Waals surface area contributed by atoms with Crippen molar-refractivity contribution in [1.82, 2.24) is 10.2 Å². The molecule has 1 aliphatic rings. The molecule has 0 radical (unpaired) electrons. The Labute approximate surface area is 258 Å². The van der Waals surface area contributed by atoms with Gasteiger partial charge in [-0.2, -0.15) is 0 Å². The van der Waals surface area contributed by atoms with Gasteiger partial charge >= 0.3 is 0 Å². The van der Waals surface area contributed by atoms with Crippen molar-refractivity contribution in [1.29, 1.82) is 0 Å². The maximum Gasteiger partial charge on any atom is 0.296 e. The van der Waals surface area contributed by atoms with E-state index in [0.29, 0.717) is 37.2 Å². The minimum absolute atomic E-state index is 0.0127. The number of aliphatic hydroxyl groups excluding tert-OH is 1. The van der Waals surface area contributed by atoms with Crippen LogP contribution in [0.4, 0.5) is 5.13 Å². The Hall–Kier alpha value is -4.09. The second kappa shape index (κ2) is 12.0. The van der Waals surface area contributed by atoms with Crippen molar-refractivity contribution in [3.8, 4) is 11.5 Å². The van der Waals surface area contributed by atoms with Gasteiger partial charge in [0.2, 0.25) is 10.9 Å². The third-order valence-corrected chi connectivity index (χ3v) is 9.01. The number of Topliss-reactive ketones (excluding diaryl/α,β-unsaturated/α-hetero) is 1. The summed E-state index contributed by atoms with van der Waals surface area (Å²) < 4.78 is 11.9. The van der Waals surface area contributed by atoms with Gasteiger partial charge in [0.05, 0.1) is 17.9 Å². The molecule has 1 unspecified atom stereocenters. The molecule has 210 valence electrons. The Balaban J connectivity index is 1.35. The molecule has 6 rings (SSSR count). The minimum atomic E-state index is -1.02. The molecule has 0 fully saturated rings. The number of amides is 1. The average molecular weight is 637 g/mol. The highest BCUT2D eigenvalue weighted by molar-refractivity contribution is 8.00. The van der Waals surface area contributed by atoms with E-state index < -0.39 is 23.5 Å². The fourth-order valence-electron chi connectivity index (χ4n) is 4.40. The highest BCUT2D eigenvalue weighted by Gasteiger charge is 2.46. The topological polar surface area (TPSA) is 106 Å². The Bertz CT molecular complexity index is 1810. The van der Waals surface area contributed by atoms with E-state index in [1.165, 1.54) is 29.0 Å². The summed E-state index contributed by atoms with van der Waals surface area (Å²) in [7, 11) is 0. The van der Waals surface area contributed by atoms with Gasteiger partial charge in [0.25, 0.3) is 5.91 Å². The summed E-state index contributed by atoms with van der Waals surface area (Å²) in [6.07, 6.45) is 1.35. The number of aromatic nitrogens is 2. The third kappa shape index (κ3) is 5.66. The quantitative estimate of drug-likeness (QED) is 0.0979. The highest BCUT2D eigenvalue weighted by atomic mass is 35.5. The smallest absolute Gasteiger partial charge is 0.296 e. The van der Waals surface area contributed by atoms with E-state index in [0.717, 1.165) is 16.9 Å². The van der Waals surface area contributed by atoms with Crippen LogP contribution in [0.25, 0.3) is 0 Å². The first-order valence-electron chi connectivity index (χ1n) is 12.5. The van der Waals surface area contributed by atoms with Crippen LogP contribution in [0, 0.1) is 0 Å². The lowest BCUT2D eigenvalue weighted by Gasteiger charge is -2.24. The molecule has 1 N–H and O–H groups in total. The maximum atomic E-state index is 13.5. The number of anilines is 1. The van der Waals surface area contributed by atoms with E-state index >= 15 is 0 Å². The zero-order valence-electron chi connectivity index (χ0n) is 21.4. The number of para-hydroxylation sites is 1. The molecule has 0 saturated carbocycles. The van der Waals surface area contributed by atoms with Crippen LogP contribution in [0.1, 0.15) is 27.7 Å². The number of hydrogen-bond donors (Lipinski definition) is 1. The van der Waals surface area contributed by atoms with Crippen molar-refractivity contribution in [3.05, 3.63) is 129 Å². The van der Waals surface area contributed by atoms with Crippen LogP contribution in [0.2, 0.25) is 10.0 Å². The average Bonchev–Trinajstić information content (AvgIpc) is 3.74. The molecule has 8 nitrogen and oxygen atoms in total. The van der Waals surface area contributed by atoms with Crippen molar-refractivity contribution in [2.75, 3.05) is 4.90 Å². The van der Waals surface area contributed by atoms with Crippen LogP contribution < -0.4 is 9.64 Å². The first kappa shape index (κ1) is 28.0. The molecule has 0 saturated heterocycles. The van der Waals surface area contributed by atoms with Gasteiger partial charge in [-0.1, -0.05) is 82.7 Å². The van der Waals surface area contributed by atoms with Crippen molar-refractivity contribution >= 4 is 63.1 Å². The van der Waals surface area contributed by atoms with Crippen LogP contribution in [0.15, 0.2) is 111 Å². The summed E-state index contributed by atoms with van der Waals surface area (Å²) >= 11 is 14.9. The fraction of sp³-hybridized carbons (Fsp3) is 0.0667. The van der Waals surface area contributed by atoms with Crippen LogP contribution >= 0.6 is 46.3 Å². The number of carbonyl (C=O) groups excluding carboxylic acids is 2. The second-order valence-electron chi connectivity index (χ2n) is 9.01. The number of nitrogens with zero attached hydrogens (tertiary/aromatic N) is 3. The van der Waals surface area contributed by atoms with Crippen molar-refractivity contribution < 1.29 is 23.8 Å². The van der Waals surface area contributed by atoms with E-state index in [1.54, 1.807) is 42.5 Å². The van der Waals surface area contributed by atoms with Gasteiger partial charge in [0.1, 0.15) is 11.5 Å². The molecule has 1 aliphatic heterocycles. The number of furan rings is 1. The van der Waals surface area contributed by atoms with E-state index in [-0.39, 0.29) is 16.5 Å². The van der Waals surface area contributed by atoms with E-state index in [9.17, 15) is 14.7 Å². The minimum Gasteiger partial charge on any atom is -0.503 e. The van der Waals surface area contributed by atoms with Gasteiger partial charge in [0.15, 0.2) is 15.9 Å². The molecule has 0 aliphatic carbocycles. The number of carbonyl (C=O) groups is 2. The maximum absolute atomic E-state index is 13.5. The lowest BCUT2D eigenvalue weighted by Crippen LogP contribution is -2.31. The zero-order valence-corrected chi connectivity index (χ0v) is 24.6. The van der Waals surface area contributed by atoms with E-state index in [4.69, 9.17) is 32.4 Å². The largest absolute Gasteiger partial charge is 0.503 e. The molecule has 2 aromatic heterocycles. The number of halogens is 2. The fourth-order valence-corrected chi connectivity index (χ4v) is 6.83. The molecule has 0 bridgehead atoms. The number of ether oxygens (including phenoxy) is 1. The molecule has 3 aromatic carbocycles. The second-order valence-corrected chi connectivity index (χ2v) is 12.0. The summed E-state index contributed by atoms with van der Waals surface area (Å²) in [6, 6.07) is 23.4. The van der Waals surface area contributed by atoms with Crippen LogP contribution in [0.5, 0.6) is 11.5 Å². The van der Waals surface area contributed by atoms with Crippen molar-refractivity contribution in [2.24, 2.45) is 0 Å². The molecule has 0 spiro atoms. The lowest BCUT2D eigenvalue weighted by molar-refractivity contribution is -0.117. The first-order chi connectivity index (χ1) is 20.4. The molecule has 5 aromatic rings. The molecule has 1 atom stereocenters. The normalized spacial score (nSPS) is 15.0. The van der Waals surface area contributed by atoms with Crippen molar-refractivity contribution in [2.45, 2.75) is 16.1 Å². The summed E-state index contributed by atoms with van der Waals surface area (Å²) in [5.41, 5.74) is 1.25. The standard InChI is InChI=1S/C30H19Cl2N3O5S2/c31-19-12-11-18(22(32)15-19)16-41-30-34-33-29(42-30)35-25(24(27(37)28(35)38)26(36)23-10-5-13-39-23)17-6-4-9-21(14-17)40-20-7-2-1-3-8-20/h1-15,25,37H,16H2. The Kier molecular flexibility index (Phi) is 8.03. The van der Waals surface area contributed by atoms with Gasteiger partial charge in [-0.25, -0.2) is 0 Å². The van der Waals surface area contributed by atoms with Gasteiger partial charge in [-0.05, 0) is 59.7 Å². The monoisotopic (exact) mass is 635 g/mol. The number of hydrogen-bond acceptors (Lipinski definition) is 9. The highest BCUT2D eigenvalue weighted by Crippen LogP contribution is 2.45. The molecular formula is C30H19Cl2N3O5S2. The Morgan fingerprint density at radius 3 is 2.57 bits per heavy atom. The molecule has 3 heterocycles. The number of ketones is 1. The number of aliphatic hydroxyl groups is 1. The van der Waals surface area contributed by atoms with Gasteiger partial charge < -0.3 is 14.3 Å². The van der Waals surface area contributed by atoms with Gasteiger partial charge in [-0.15, -0.1) is 10.2 Å². The van der Waals surface area contributed by atoms with Gasteiger partial charge in [-0.3, -0.25) is 14.5 Å². The summed E-state index contributed by atoms with van der Waals surface area (Å²) in [4.78, 5) is 28.3. The van der Waals surface area contributed by atoms with Crippen LogP contribution in [0.3, 0.4) is 0 Å². The lowest BCUT2D eigenvalue weighted by atomic mass is 9.95. The Morgan fingerprint density at radius 1 is 1.00 bits per heavy atom. The van der Waals surface area contributed by atoms with Crippen molar-refractivity contribution in [3.63, 3.8) is 0 Å². The predicted molar refractivity (Wildman–Crippen MR) is 162 cm³/mol. The number of thioether (sulfide) groups is 1. The summed E-state index contributed by atoms with van der Waals surface area (Å²) in [6.45, 7) is 0. The van der Waals surface area contributed by atoms with E-state index in [1.807, 2.05) is 36.4 Å². The third-order valence-electron chi connectivity index (χ3n) is 6.32. The zero-order chi connectivity index (χ0) is 29.2. The molecule has 1 amide bonds. The Morgan fingerprint density at radius 2 is 1.81 bits per heavy atom. The summed E-state index contributed by atoms with van der Waals surface area (Å²) in [5, 5.41) is 20.8. The number of benzene rings is 3. The van der Waals surface area contributed by atoms with E-state index in [2.05, 4.69) is 10.2 Å².